The zero-order chi connectivity index (χ0) is 24.8. The van der Waals surface area contributed by atoms with Crippen molar-refractivity contribution >= 4 is 17.5 Å². The highest BCUT2D eigenvalue weighted by atomic mass is 16.5. The first-order chi connectivity index (χ1) is 13.8. The van der Waals surface area contributed by atoms with E-state index in [1.165, 1.54) is 0 Å². The van der Waals surface area contributed by atoms with E-state index in [1.54, 1.807) is 6.92 Å². The lowest BCUT2D eigenvalue weighted by Crippen LogP contribution is -2.53. The first-order valence-electron chi connectivity index (χ1n) is 11.4. The Morgan fingerprint density at radius 2 is 1.42 bits per heavy atom. The fraction of sp³-hybridized carbons (Fsp3) is 0.880. The van der Waals surface area contributed by atoms with Gasteiger partial charge in [-0.15, -0.1) is 0 Å². The Morgan fingerprint density at radius 1 is 0.903 bits per heavy atom. The SMILES string of the molecule is CCC(C)(C(=O)C(C)OC(C)(C)C)C(C)(C)OCCC(CCC(=O)C(C)(C)C)C(=O)O. The van der Waals surface area contributed by atoms with E-state index in [1.807, 2.05) is 69.2 Å². The number of carbonyl (C=O) groups is 3. The van der Waals surface area contributed by atoms with Crippen molar-refractivity contribution in [1.29, 1.82) is 0 Å². The molecule has 31 heavy (non-hydrogen) atoms. The molecule has 3 unspecified atom stereocenters. The minimum absolute atomic E-state index is 0.0273. The van der Waals surface area contributed by atoms with Crippen molar-refractivity contribution in [3.05, 3.63) is 0 Å². The molecule has 0 amide bonds. The Kier molecular flexibility index (Phi) is 10.6. The fourth-order valence-electron chi connectivity index (χ4n) is 3.62. The van der Waals surface area contributed by atoms with Crippen LogP contribution in [0.25, 0.3) is 0 Å². The van der Waals surface area contributed by atoms with Gasteiger partial charge in [0.1, 0.15) is 11.9 Å². The summed E-state index contributed by atoms with van der Waals surface area (Å²) < 4.78 is 12.0. The maximum absolute atomic E-state index is 13.3. The third-order valence-corrected chi connectivity index (χ3v) is 6.31. The van der Waals surface area contributed by atoms with Gasteiger partial charge in [0.05, 0.1) is 22.5 Å². The lowest BCUT2D eigenvalue weighted by molar-refractivity contribution is -0.170. The molecule has 182 valence electrons. The van der Waals surface area contributed by atoms with Crippen LogP contribution in [0.3, 0.4) is 0 Å². The molecule has 0 fully saturated rings. The van der Waals surface area contributed by atoms with Crippen LogP contribution in [0.2, 0.25) is 0 Å². The quantitative estimate of drug-likeness (QED) is 0.407. The number of hydrogen-bond acceptors (Lipinski definition) is 5. The zero-order valence-electron chi connectivity index (χ0n) is 21.7. The highest BCUT2D eigenvalue weighted by Crippen LogP contribution is 2.40. The highest BCUT2D eigenvalue weighted by Gasteiger charge is 2.48. The van der Waals surface area contributed by atoms with Crippen LogP contribution in [0.1, 0.15) is 102 Å². The van der Waals surface area contributed by atoms with Crippen molar-refractivity contribution in [2.24, 2.45) is 16.7 Å². The van der Waals surface area contributed by atoms with E-state index in [0.29, 0.717) is 6.42 Å². The van der Waals surface area contributed by atoms with Crippen molar-refractivity contribution in [1.82, 2.24) is 0 Å². The number of carboxylic acid groups (broad SMARTS) is 1. The number of Topliss-reactive ketones (excluding diaryl/α,β-unsaturated/α-hetero) is 2. The molecule has 0 aromatic heterocycles. The Bertz CT molecular complexity index is 623. The second kappa shape index (κ2) is 11.0. The van der Waals surface area contributed by atoms with E-state index in [4.69, 9.17) is 9.47 Å². The fourth-order valence-corrected chi connectivity index (χ4v) is 3.62. The molecule has 0 spiro atoms. The van der Waals surface area contributed by atoms with Crippen LogP contribution in [0.4, 0.5) is 0 Å². The number of ether oxygens (including phenoxy) is 2. The average Bonchev–Trinajstić information content (AvgIpc) is 2.59. The third-order valence-electron chi connectivity index (χ3n) is 6.31. The predicted molar refractivity (Wildman–Crippen MR) is 123 cm³/mol. The summed E-state index contributed by atoms with van der Waals surface area (Å²) in [6.45, 7) is 20.8. The largest absolute Gasteiger partial charge is 0.481 e. The van der Waals surface area contributed by atoms with E-state index in [9.17, 15) is 19.5 Å². The van der Waals surface area contributed by atoms with Gasteiger partial charge < -0.3 is 14.6 Å². The number of hydrogen-bond donors (Lipinski definition) is 1. The molecule has 0 aliphatic heterocycles. The predicted octanol–water partition coefficient (Wildman–Crippen LogP) is 5.46. The first kappa shape index (κ1) is 29.7. The average molecular weight is 443 g/mol. The van der Waals surface area contributed by atoms with Crippen molar-refractivity contribution < 1.29 is 29.0 Å². The van der Waals surface area contributed by atoms with Gasteiger partial charge in [-0.3, -0.25) is 14.4 Å². The van der Waals surface area contributed by atoms with Gasteiger partial charge in [-0.2, -0.15) is 0 Å². The number of carbonyl (C=O) groups excluding carboxylic acids is 2. The van der Waals surface area contributed by atoms with Crippen LogP contribution in [-0.4, -0.2) is 46.6 Å². The van der Waals surface area contributed by atoms with E-state index < -0.39 is 40.0 Å². The summed E-state index contributed by atoms with van der Waals surface area (Å²) in [6, 6.07) is 0. The summed E-state index contributed by atoms with van der Waals surface area (Å²) >= 11 is 0. The Balaban J connectivity index is 5.15. The summed E-state index contributed by atoms with van der Waals surface area (Å²) in [5.74, 6) is -1.56. The minimum Gasteiger partial charge on any atom is -0.481 e. The van der Waals surface area contributed by atoms with Gasteiger partial charge in [-0.25, -0.2) is 0 Å². The van der Waals surface area contributed by atoms with Crippen LogP contribution in [0.15, 0.2) is 0 Å². The molecule has 0 radical (unpaired) electrons. The zero-order valence-corrected chi connectivity index (χ0v) is 21.7. The van der Waals surface area contributed by atoms with Gasteiger partial charge in [-0.05, 0) is 67.7 Å². The number of ketones is 2. The van der Waals surface area contributed by atoms with Gasteiger partial charge in [0.25, 0.3) is 0 Å². The lowest BCUT2D eigenvalue weighted by atomic mass is 9.68. The summed E-state index contributed by atoms with van der Waals surface area (Å²) in [4.78, 5) is 37.1. The van der Waals surface area contributed by atoms with Crippen molar-refractivity contribution in [2.75, 3.05) is 6.61 Å². The molecule has 6 heteroatoms. The summed E-state index contributed by atoms with van der Waals surface area (Å²) in [6.07, 6.45) is 0.798. The molecular weight excluding hydrogens is 396 g/mol. The van der Waals surface area contributed by atoms with Gasteiger partial charge in [0.2, 0.25) is 0 Å². The summed E-state index contributed by atoms with van der Waals surface area (Å²) in [5, 5.41) is 9.56. The molecule has 0 aromatic carbocycles. The first-order valence-corrected chi connectivity index (χ1v) is 11.4. The second-order valence-electron chi connectivity index (χ2n) is 11.3. The Morgan fingerprint density at radius 3 is 1.81 bits per heavy atom. The van der Waals surface area contributed by atoms with Gasteiger partial charge in [-0.1, -0.05) is 27.7 Å². The number of carboxylic acids is 1. The molecule has 1 N–H and O–H groups in total. The molecule has 6 nitrogen and oxygen atoms in total. The van der Waals surface area contributed by atoms with E-state index >= 15 is 0 Å². The summed E-state index contributed by atoms with van der Waals surface area (Å²) in [7, 11) is 0. The second-order valence-corrected chi connectivity index (χ2v) is 11.3. The smallest absolute Gasteiger partial charge is 0.306 e. The van der Waals surface area contributed by atoms with E-state index in [0.717, 1.165) is 0 Å². The Labute approximate surface area is 189 Å². The standard InChI is InChI=1S/C25H46O6/c1-12-25(11,20(27)17(2)31-23(6,7)8)24(9,10)30-16-15-18(21(28)29)13-14-19(26)22(3,4)5/h17-18H,12-16H2,1-11H3,(H,28,29). The highest BCUT2D eigenvalue weighted by molar-refractivity contribution is 5.89. The monoisotopic (exact) mass is 442 g/mol. The molecule has 0 aliphatic carbocycles. The van der Waals surface area contributed by atoms with Crippen LogP contribution in [-0.2, 0) is 23.9 Å². The molecule has 0 heterocycles. The van der Waals surface area contributed by atoms with Crippen molar-refractivity contribution in [3.8, 4) is 0 Å². The van der Waals surface area contributed by atoms with Crippen LogP contribution in [0, 0.1) is 16.7 Å². The van der Waals surface area contributed by atoms with Crippen LogP contribution < -0.4 is 0 Å². The molecule has 0 saturated carbocycles. The van der Waals surface area contributed by atoms with Gasteiger partial charge in [0, 0.05) is 18.4 Å². The van der Waals surface area contributed by atoms with E-state index in [2.05, 4.69) is 0 Å². The summed E-state index contributed by atoms with van der Waals surface area (Å²) in [5.41, 5.74) is -2.51. The Hall–Kier alpha value is -1.27. The topological polar surface area (TPSA) is 89.9 Å². The molecule has 0 rings (SSSR count). The number of aliphatic carboxylic acids is 1. The van der Waals surface area contributed by atoms with Crippen LogP contribution >= 0.6 is 0 Å². The lowest BCUT2D eigenvalue weighted by Gasteiger charge is -2.44. The normalized spacial score (nSPS) is 17.0. The van der Waals surface area contributed by atoms with Crippen LogP contribution in [0.5, 0.6) is 0 Å². The molecule has 0 aromatic rings. The third kappa shape index (κ3) is 9.01. The molecular formula is C25H46O6. The maximum Gasteiger partial charge on any atom is 0.306 e. The molecule has 0 bridgehead atoms. The molecule has 3 atom stereocenters. The minimum atomic E-state index is -0.926. The van der Waals surface area contributed by atoms with E-state index in [-0.39, 0.29) is 37.4 Å². The van der Waals surface area contributed by atoms with Gasteiger partial charge in [0.15, 0.2) is 5.78 Å². The maximum atomic E-state index is 13.3. The number of rotatable bonds is 13. The molecule has 0 saturated heterocycles. The van der Waals surface area contributed by atoms with Crippen molar-refractivity contribution in [2.45, 2.75) is 119 Å². The van der Waals surface area contributed by atoms with Crippen molar-refractivity contribution in [3.63, 3.8) is 0 Å². The van der Waals surface area contributed by atoms with Gasteiger partial charge >= 0.3 is 5.97 Å². The molecule has 0 aliphatic rings.